The first-order chi connectivity index (χ1) is 10.5. The number of hydrogen-bond donors (Lipinski definition) is 2. The quantitative estimate of drug-likeness (QED) is 0.793. The van der Waals surface area contributed by atoms with Gasteiger partial charge in [0.25, 0.3) is 0 Å². The van der Waals surface area contributed by atoms with Gasteiger partial charge >= 0.3 is 0 Å². The molecule has 1 aliphatic carbocycles. The molecule has 1 saturated heterocycles. The highest BCUT2D eigenvalue weighted by molar-refractivity contribution is 5.80. The summed E-state index contributed by atoms with van der Waals surface area (Å²) >= 11 is 0. The second kappa shape index (κ2) is 8.30. The summed E-state index contributed by atoms with van der Waals surface area (Å²) in [6.07, 6.45) is 7.76. The van der Waals surface area contributed by atoms with E-state index in [0.717, 1.165) is 57.7 Å². The molecule has 0 aromatic heterocycles. The fourth-order valence-electron chi connectivity index (χ4n) is 3.70. The van der Waals surface area contributed by atoms with Gasteiger partial charge in [-0.15, -0.1) is 0 Å². The Bertz CT molecular complexity index is 353. The predicted octanol–water partition coefficient (Wildman–Crippen LogP) is 2.87. The molecule has 22 heavy (non-hydrogen) atoms. The minimum atomic E-state index is -0.277. The number of amides is 1. The lowest BCUT2D eigenvalue weighted by molar-refractivity contribution is -0.139. The van der Waals surface area contributed by atoms with Crippen LogP contribution in [0.4, 0.5) is 0 Å². The Kier molecular flexibility index (Phi) is 6.69. The van der Waals surface area contributed by atoms with Crippen LogP contribution >= 0.6 is 0 Å². The van der Waals surface area contributed by atoms with E-state index in [0.29, 0.717) is 0 Å². The predicted molar refractivity (Wildman–Crippen MR) is 89.8 cm³/mol. The number of carbonyl (C=O) groups is 1. The van der Waals surface area contributed by atoms with Crippen molar-refractivity contribution >= 4 is 5.91 Å². The maximum absolute atomic E-state index is 12.5. The van der Waals surface area contributed by atoms with Crippen molar-refractivity contribution in [2.45, 2.75) is 77.9 Å². The molecule has 2 rings (SSSR count). The topological polar surface area (TPSA) is 50.4 Å². The van der Waals surface area contributed by atoms with Gasteiger partial charge in [0.2, 0.25) is 5.91 Å². The fourth-order valence-corrected chi connectivity index (χ4v) is 3.70. The first kappa shape index (κ1) is 17.7. The van der Waals surface area contributed by atoms with Gasteiger partial charge < -0.3 is 15.4 Å². The molecule has 0 aromatic rings. The van der Waals surface area contributed by atoms with Crippen LogP contribution in [0.25, 0.3) is 0 Å². The lowest BCUT2D eigenvalue weighted by atomic mass is 9.81. The molecule has 3 atom stereocenters. The van der Waals surface area contributed by atoms with E-state index in [4.69, 9.17) is 4.74 Å². The Morgan fingerprint density at radius 3 is 2.73 bits per heavy atom. The van der Waals surface area contributed by atoms with Crippen molar-refractivity contribution in [3.63, 3.8) is 0 Å². The highest BCUT2D eigenvalue weighted by Crippen LogP contribution is 2.28. The minimum Gasteiger partial charge on any atom is -0.365 e. The molecule has 0 bridgehead atoms. The molecule has 1 heterocycles. The van der Waals surface area contributed by atoms with E-state index in [2.05, 4.69) is 24.5 Å². The van der Waals surface area contributed by atoms with E-state index in [1.54, 1.807) is 0 Å². The summed E-state index contributed by atoms with van der Waals surface area (Å²) in [4.78, 5) is 12.5. The molecule has 0 aromatic carbocycles. The molecule has 2 aliphatic rings. The van der Waals surface area contributed by atoms with Crippen molar-refractivity contribution in [1.29, 1.82) is 0 Å². The molecule has 2 N–H and O–H groups in total. The molecule has 128 valence electrons. The van der Waals surface area contributed by atoms with E-state index in [-0.39, 0.29) is 23.5 Å². The number of rotatable bonds is 6. The number of piperidine rings is 1. The Morgan fingerprint density at radius 2 is 2.09 bits per heavy atom. The van der Waals surface area contributed by atoms with Crippen LogP contribution in [0.5, 0.6) is 0 Å². The summed E-state index contributed by atoms with van der Waals surface area (Å²) in [6.45, 7) is 9.49. The van der Waals surface area contributed by atoms with Gasteiger partial charge in [-0.2, -0.15) is 0 Å². The van der Waals surface area contributed by atoms with Gasteiger partial charge in [-0.25, -0.2) is 0 Å². The average Bonchev–Trinajstić information content (AvgIpc) is 2.51. The van der Waals surface area contributed by atoms with Gasteiger partial charge in [-0.3, -0.25) is 4.79 Å². The lowest BCUT2D eigenvalue weighted by Crippen LogP contribution is -2.46. The average molecular weight is 310 g/mol. The van der Waals surface area contributed by atoms with Crippen molar-refractivity contribution < 1.29 is 9.53 Å². The monoisotopic (exact) mass is 310 g/mol. The van der Waals surface area contributed by atoms with Crippen molar-refractivity contribution in [2.75, 3.05) is 19.6 Å². The number of carbonyl (C=O) groups excluding carboxylic acids is 1. The standard InChI is InChI=1S/C18H34N2O2/c1-4-16(22-15-7-5-6-14(2)12-15)17(21)20-13-18(3)8-10-19-11-9-18/h14-16,19H,4-13H2,1-3H3,(H,20,21). The second-order valence-corrected chi connectivity index (χ2v) is 7.71. The molecule has 1 aliphatic heterocycles. The summed E-state index contributed by atoms with van der Waals surface area (Å²) in [5.41, 5.74) is 0.235. The zero-order valence-electron chi connectivity index (χ0n) is 14.6. The summed E-state index contributed by atoms with van der Waals surface area (Å²) in [7, 11) is 0. The molecule has 0 spiro atoms. The van der Waals surface area contributed by atoms with Gasteiger partial charge in [0.15, 0.2) is 0 Å². The summed E-state index contributed by atoms with van der Waals surface area (Å²) < 4.78 is 6.12. The van der Waals surface area contributed by atoms with Crippen LogP contribution in [-0.2, 0) is 9.53 Å². The van der Waals surface area contributed by atoms with E-state index in [9.17, 15) is 4.79 Å². The van der Waals surface area contributed by atoms with Crippen LogP contribution in [0.1, 0.15) is 65.7 Å². The number of hydrogen-bond acceptors (Lipinski definition) is 3. The van der Waals surface area contributed by atoms with Crippen molar-refractivity contribution in [1.82, 2.24) is 10.6 Å². The molecule has 1 amide bonds. The van der Waals surface area contributed by atoms with E-state index < -0.39 is 0 Å². The SMILES string of the molecule is CCC(OC1CCCC(C)C1)C(=O)NCC1(C)CCNCC1. The summed E-state index contributed by atoms with van der Waals surface area (Å²) in [5, 5.41) is 6.54. The molecule has 1 saturated carbocycles. The van der Waals surface area contributed by atoms with Gasteiger partial charge in [-0.1, -0.05) is 33.6 Å². The fraction of sp³-hybridized carbons (Fsp3) is 0.944. The van der Waals surface area contributed by atoms with Gasteiger partial charge in [0.05, 0.1) is 6.10 Å². The number of ether oxygens (including phenoxy) is 1. The molecule has 4 nitrogen and oxygen atoms in total. The third-order valence-electron chi connectivity index (χ3n) is 5.41. The first-order valence-corrected chi connectivity index (χ1v) is 9.16. The molecule has 4 heteroatoms. The Hall–Kier alpha value is -0.610. The van der Waals surface area contributed by atoms with Crippen LogP contribution < -0.4 is 10.6 Å². The van der Waals surface area contributed by atoms with Crippen molar-refractivity contribution in [3.8, 4) is 0 Å². The van der Waals surface area contributed by atoms with Gasteiger partial charge in [-0.05, 0) is 56.5 Å². The van der Waals surface area contributed by atoms with Crippen LogP contribution in [0.2, 0.25) is 0 Å². The van der Waals surface area contributed by atoms with Crippen molar-refractivity contribution in [3.05, 3.63) is 0 Å². The molecule has 0 radical (unpaired) electrons. The minimum absolute atomic E-state index is 0.0838. The Morgan fingerprint density at radius 1 is 1.36 bits per heavy atom. The van der Waals surface area contributed by atoms with Crippen molar-refractivity contribution in [2.24, 2.45) is 11.3 Å². The van der Waals surface area contributed by atoms with Gasteiger partial charge in [0, 0.05) is 6.54 Å². The second-order valence-electron chi connectivity index (χ2n) is 7.71. The normalized spacial score (nSPS) is 29.8. The van der Waals surface area contributed by atoms with Crippen LogP contribution in [0, 0.1) is 11.3 Å². The molecule has 2 fully saturated rings. The number of nitrogens with one attached hydrogen (secondary N) is 2. The highest BCUT2D eigenvalue weighted by atomic mass is 16.5. The largest absolute Gasteiger partial charge is 0.365 e. The smallest absolute Gasteiger partial charge is 0.249 e. The third kappa shape index (κ3) is 5.24. The Balaban J connectivity index is 1.78. The van der Waals surface area contributed by atoms with Crippen LogP contribution in [0.15, 0.2) is 0 Å². The zero-order valence-corrected chi connectivity index (χ0v) is 14.6. The lowest BCUT2D eigenvalue weighted by Gasteiger charge is -2.35. The third-order valence-corrected chi connectivity index (χ3v) is 5.41. The van der Waals surface area contributed by atoms with Crippen LogP contribution in [0.3, 0.4) is 0 Å². The first-order valence-electron chi connectivity index (χ1n) is 9.16. The van der Waals surface area contributed by atoms with E-state index >= 15 is 0 Å². The van der Waals surface area contributed by atoms with Crippen LogP contribution in [-0.4, -0.2) is 37.7 Å². The highest BCUT2D eigenvalue weighted by Gasteiger charge is 2.30. The van der Waals surface area contributed by atoms with E-state index in [1.165, 1.54) is 12.8 Å². The zero-order chi connectivity index (χ0) is 16.0. The Labute approximate surface area is 135 Å². The van der Waals surface area contributed by atoms with E-state index in [1.807, 2.05) is 6.92 Å². The molecular weight excluding hydrogens is 276 g/mol. The molecular formula is C18H34N2O2. The summed E-state index contributed by atoms with van der Waals surface area (Å²) in [6, 6.07) is 0. The maximum atomic E-state index is 12.5. The molecule has 3 unspecified atom stereocenters. The maximum Gasteiger partial charge on any atom is 0.249 e. The summed E-state index contributed by atoms with van der Waals surface area (Å²) in [5.74, 6) is 0.813. The van der Waals surface area contributed by atoms with Gasteiger partial charge in [0.1, 0.15) is 6.10 Å².